The fourth-order valence-corrected chi connectivity index (χ4v) is 3.50. The minimum Gasteiger partial charge on any atom is -0.493 e. The number of ether oxygens (including phenoxy) is 1. The molecule has 30 heavy (non-hydrogen) atoms. The Morgan fingerprint density at radius 2 is 1.80 bits per heavy atom. The molecular weight excluding hydrogens is 446 g/mol. The normalized spacial score (nSPS) is 11.3. The number of nitrogens with zero attached hydrogens (tertiary/aromatic N) is 3. The van der Waals surface area contributed by atoms with Crippen molar-refractivity contribution in [2.45, 2.75) is 6.61 Å². The Balaban J connectivity index is 1.61. The van der Waals surface area contributed by atoms with Crippen LogP contribution in [-0.4, -0.2) is 15.6 Å². The van der Waals surface area contributed by atoms with Crippen LogP contribution in [0, 0.1) is 0 Å². The zero-order chi connectivity index (χ0) is 21.1. The fraction of sp³-hybridized carbons (Fsp3) is 0.0870. The maximum atomic E-state index is 12.7. The second-order valence-electron chi connectivity index (χ2n) is 6.67. The Kier molecular flexibility index (Phi) is 5.63. The molecule has 0 aliphatic rings. The van der Waals surface area contributed by atoms with Gasteiger partial charge in [0.15, 0.2) is 5.69 Å². The molecule has 7 heteroatoms. The Hall–Kier alpha value is -3.45. The molecule has 1 N–H and O–H groups in total. The lowest BCUT2D eigenvalue weighted by atomic mass is 10.2. The highest BCUT2D eigenvalue weighted by molar-refractivity contribution is 9.10. The minimum absolute atomic E-state index is 0.0618. The summed E-state index contributed by atoms with van der Waals surface area (Å²) in [4.78, 5) is 12.7. The molecule has 1 amide bonds. The molecule has 4 rings (SSSR count). The van der Waals surface area contributed by atoms with E-state index in [0.717, 1.165) is 15.6 Å². The average Bonchev–Trinajstić information content (AvgIpc) is 3.00. The van der Waals surface area contributed by atoms with Crippen LogP contribution >= 0.6 is 15.9 Å². The molecule has 0 atom stereocenters. The number of hydrogen-bond acceptors (Lipinski definition) is 4. The van der Waals surface area contributed by atoms with Crippen LogP contribution in [0.4, 0.5) is 5.69 Å². The summed E-state index contributed by atoms with van der Waals surface area (Å²) < 4.78 is 8.26. The van der Waals surface area contributed by atoms with E-state index in [-0.39, 0.29) is 11.6 Å². The molecule has 0 fully saturated rings. The van der Waals surface area contributed by atoms with Gasteiger partial charge in [-0.05, 0) is 35.9 Å². The van der Waals surface area contributed by atoms with Gasteiger partial charge < -0.3 is 14.4 Å². The Bertz CT molecular complexity index is 1250. The lowest BCUT2D eigenvalue weighted by Crippen LogP contribution is -2.02. The summed E-state index contributed by atoms with van der Waals surface area (Å²) in [5.74, 6) is -0.187. The number of aromatic hydroxyl groups is 1. The van der Waals surface area contributed by atoms with Crippen LogP contribution in [0.5, 0.6) is 11.6 Å². The number of aromatic nitrogens is 1. The zero-order valence-corrected chi connectivity index (χ0v) is 17.7. The van der Waals surface area contributed by atoms with Crippen molar-refractivity contribution in [1.82, 2.24) is 4.57 Å². The molecule has 0 saturated carbocycles. The van der Waals surface area contributed by atoms with Gasteiger partial charge >= 0.3 is 0 Å². The molecule has 6 nitrogen and oxygen atoms in total. The molecule has 4 aromatic rings. The number of carbonyl (C=O) groups excluding carboxylic acids is 1. The van der Waals surface area contributed by atoms with Crippen LogP contribution in [0.15, 0.2) is 87.5 Å². The standard InChI is InChI=1S/C23H18BrN3O3/c1-27-19-12-11-16(24)13-18(19)21(23(27)29)25-26-22(28)17-9-5-6-10-20(17)30-14-15-7-3-2-4-8-15/h2-13,29H,14H2,1H3. The first-order valence-corrected chi connectivity index (χ1v) is 10.0. The predicted octanol–water partition coefficient (Wildman–Crippen LogP) is 6.15. The van der Waals surface area contributed by atoms with Crippen LogP contribution in [0.1, 0.15) is 15.9 Å². The predicted molar refractivity (Wildman–Crippen MR) is 118 cm³/mol. The summed E-state index contributed by atoms with van der Waals surface area (Å²) in [7, 11) is 1.72. The lowest BCUT2D eigenvalue weighted by molar-refractivity contribution is 0.0990. The Morgan fingerprint density at radius 3 is 2.60 bits per heavy atom. The third-order valence-electron chi connectivity index (χ3n) is 4.70. The van der Waals surface area contributed by atoms with Gasteiger partial charge in [-0.25, -0.2) is 0 Å². The summed E-state index contributed by atoms with van der Waals surface area (Å²) in [6, 6.07) is 22.1. The topological polar surface area (TPSA) is 76.2 Å². The van der Waals surface area contributed by atoms with E-state index in [1.165, 1.54) is 0 Å². The van der Waals surface area contributed by atoms with Crippen molar-refractivity contribution in [2.24, 2.45) is 17.3 Å². The van der Waals surface area contributed by atoms with E-state index in [4.69, 9.17) is 4.74 Å². The number of benzene rings is 3. The molecule has 0 radical (unpaired) electrons. The maximum Gasteiger partial charge on any atom is 0.299 e. The van der Waals surface area contributed by atoms with E-state index in [0.29, 0.717) is 23.3 Å². The quantitative estimate of drug-likeness (QED) is 0.360. The van der Waals surface area contributed by atoms with Gasteiger partial charge in [-0.3, -0.25) is 4.79 Å². The SMILES string of the molecule is Cn1c(O)c(N=NC(=O)c2ccccc2OCc2ccccc2)c2cc(Br)ccc21. The van der Waals surface area contributed by atoms with Crippen LogP contribution in [0.3, 0.4) is 0 Å². The second kappa shape index (κ2) is 8.51. The number of azo groups is 1. The second-order valence-corrected chi connectivity index (χ2v) is 7.58. The molecule has 0 spiro atoms. The minimum atomic E-state index is -0.551. The third-order valence-corrected chi connectivity index (χ3v) is 5.19. The van der Waals surface area contributed by atoms with Crippen molar-refractivity contribution in [2.75, 3.05) is 0 Å². The molecule has 1 heterocycles. The summed E-state index contributed by atoms with van der Waals surface area (Å²) in [5, 5.41) is 19.0. The van der Waals surface area contributed by atoms with Gasteiger partial charge in [0, 0.05) is 16.9 Å². The van der Waals surface area contributed by atoms with Crippen molar-refractivity contribution in [3.8, 4) is 11.6 Å². The van der Waals surface area contributed by atoms with E-state index < -0.39 is 5.91 Å². The van der Waals surface area contributed by atoms with Crippen molar-refractivity contribution < 1.29 is 14.6 Å². The van der Waals surface area contributed by atoms with Gasteiger partial charge in [-0.1, -0.05) is 58.4 Å². The summed E-state index contributed by atoms with van der Waals surface area (Å²) in [6.45, 7) is 0.334. The zero-order valence-electron chi connectivity index (χ0n) is 16.1. The van der Waals surface area contributed by atoms with E-state index in [2.05, 4.69) is 26.2 Å². The summed E-state index contributed by atoms with van der Waals surface area (Å²) in [5.41, 5.74) is 2.32. The monoisotopic (exact) mass is 463 g/mol. The van der Waals surface area contributed by atoms with E-state index in [9.17, 15) is 9.90 Å². The van der Waals surface area contributed by atoms with Gasteiger partial charge in [0.05, 0.1) is 11.1 Å². The molecule has 0 aliphatic carbocycles. The third kappa shape index (κ3) is 3.97. The molecule has 150 valence electrons. The van der Waals surface area contributed by atoms with Gasteiger partial charge in [-0.2, -0.15) is 0 Å². The van der Waals surface area contributed by atoms with Crippen LogP contribution < -0.4 is 4.74 Å². The van der Waals surface area contributed by atoms with Crippen molar-refractivity contribution >= 4 is 38.4 Å². The first kappa shape index (κ1) is 19.8. The largest absolute Gasteiger partial charge is 0.493 e. The Labute approximate surface area is 181 Å². The van der Waals surface area contributed by atoms with E-state index in [1.54, 1.807) is 35.9 Å². The number of para-hydroxylation sites is 1. The Morgan fingerprint density at radius 1 is 1.07 bits per heavy atom. The first-order valence-electron chi connectivity index (χ1n) is 9.23. The van der Waals surface area contributed by atoms with Crippen LogP contribution in [-0.2, 0) is 13.7 Å². The van der Waals surface area contributed by atoms with Gasteiger partial charge in [-0.15, -0.1) is 10.2 Å². The molecule has 0 aliphatic heterocycles. The number of hydrogen-bond donors (Lipinski definition) is 1. The number of rotatable bonds is 5. The van der Waals surface area contributed by atoms with Crippen LogP contribution in [0.25, 0.3) is 10.9 Å². The average molecular weight is 464 g/mol. The summed E-state index contributed by atoms with van der Waals surface area (Å²) in [6.07, 6.45) is 0. The number of amides is 1. The maximum absolute atomic E-state index is 12.7. The molecule has 0 unspecified atom stereocenters. The van der Waals surface area contributed by atoms with Gasteiger partial charge in [0.1, 0.15) is 12.4 Å². The molecule has 0 saturated heterocycles. The smallest absolute Gasteiger partial charge is 0.299 e. The van der Waals surface area contributed by atoms with E-state index in [1.807, 2.05) is 48.5 Å². The van der Waals surface area contributed by atoms with Crippen molar-refractivity contribution in [3.63, 3.8) is 0 Å². The van der Waals surface area contributed by atoms with Gasteiger partial charge in [0.25, 0.3) is 5.91 Å². The number of carbonyl (C=O) groups is 1. The molecule has 1 aromatic heterocycles. The highest BCUT2D eigenvalue weighted by atomic mass is 79.9. The number of fused-ring (bicyclic) bond motifs is 1. The van der Waals surface area contributed by atoms with E-state index >= 15 is 0 Å². The highest BCUT2D eigenvalue weighted by Crippen LogP contribution is 2.39. The van der Waals surface area contributed by atoms with Crippen LogP contribution in [0.2, 0.25) is 0 Å². The first-order chi connectivity index (χ1) is 14.5. The highest BCUT2D eigenvalue weighted by Gasteiger charge is 2.16. The molecule has 3 aromatic carbocycles. The van der Waals surface area contributed by atoms with Crippen molar-refractivity contribution in [1.29, 1.82) is 0 Å². The molecule has 0 bridgehead atoms. The fourth-order valence-electron chi connectivity index (χ4n) is 3.14. The summed E-state index contributed by atoms with van der Waals surface area (Å²) >= 11 is 3.42. The van der Waals surface area contributed by atoms with Crippen molar-refractivity contribution in [3.05, 3.63) is 88.4 Å². The lowest BCUT2D eigenvalue weighted by Gasteiger charge is -2.09. The number of halogens is 1. The number of aryl methyl sites for hydroxylation is 1. The molecular formula is C23H18BrN3O3. The van der Waals surface area contributed by atoms with Gasteiger partial charge in [0.2, 0.25) is 5.88 Å².